The molecule has 0 saturated carbocycles. The molecule has 3 nitrogen and oxygen atoms in total. The Bertz CT molecular complexity index is 4100. The van der Waals surface area contributed by atoms with Gasteiger partial charge in [-0.1, -0.05) is 206 Å². The van der Waals surface area contributed by atoms with Crippen LogP contribution in [0.4, 0.5) is 17.1 Å². The molecule has 0 aliphatic carbocycles. The van der Waals surface area contributed by atoms with Crippen LogP contribution < -0.4 is 4.90 Å². The van der Waals surface area contributed by atoms with Crippen molar-refractivity contribution in [1.29, 1.82) is 0 Å². The van der Waals surface area contributed by atoms with Crippen molar-refractivity contribution in [3.8, 4) is 67.0 Å². The van der Waals surface area contributed by atoms with Crippen LogP contribution >= 0.6 is 0 Å². The first-order chi connectivity index (χ1) is 37.2. The summed E-state index contributed by atoms with van der Waals surface area (Å²) in [6, 6.07) is 108. The number of para-hydroxylation sites is 5. The van der Waals surface area contributed by atoms with Gasteiger partial charge in [0.2, 0.25) is 0 Å². The van der Waals surface area contributed by atoms with E-state index >= 15 is 0 Å². The van der Waals surface area contributed by atoms with Gasteiger partial charge in [-0.25, -0.2) is 0 Å². The minimum Gasteiger partial charge on any atom is -0.310 e. The molecule has 0 fully saturated rings. The fourth-order valence-corrected chi connectivity index (χ4v) is 11.3. The Kier molecular flexibility index (Phi) is 10.8. The molecule has 14 rings (SSSR count). The maximum Gasteiger partial charge on any atom is 0.0541 e. The van der Waals surface area contributed by atoms with E-state index in [1.807, 2.05) is 0 Å². The molecule has 0 saturated heterocycles. The predicted octanol–water partition coefficient (Wildman–Crippen LogP) is 19.7. The van der Waals surface area contributed by atoms with Gasteiger partial charge in [0.25, 0.3) is 0 Å². The minimum atomic E-state index is 1.09. The maximum atomic E-state index is 2.39. The zero-order chi connectivity index (χ0) is 49.7. The number of nitrogens with zero attached hydrogens (tertiary/aromatic N) is 3. The third-order valence-corrected chi connectivity index (χ3v) is 15.0. The van der Waals surface area contributed by atoms with Crippen LogP contribution in [0.1, 0.15) is 0 Å². The fraction of sp³-hybridized carbons (Fsp3) is 0. The molecule has 0 aliphatic rings. The Morgan fingerprint density at radius 2 is 0.533 bits per heavy atom. The van der Waals surface area contributed by atoms with Gasteiger partial charge in [0.15, 0.2) is 0 Å². The average Bonchev–Trinajstić information content (AvgIpc) is 4.05. The fourth-order valence-electron chi connectivity index (χ4n) is 11.3. The van der Waals surface area contributed by atoms with E-state index in [0.29, 0.717) is 0 Å². The zero-order valence-corrected chi connectivity index (χ0v) is 41.1. The molecule has 352 valence electrons. The number of benzene rings is 12. The third-order valence-electron chi connectivity index (χ3n) is 15.0. The van der Waals surface area contributed by atoms with Crippen molar-refractivity contribution in [2.45, 2.75) is 0 Å². The van der Waals surface area contributed by atoms with Crippen LogP contribution in [-0.2, 0) is 0 Å². The topological polar surface area (TPSA) is 13.1 Å². The summed E-state index contributed by atoms with van der Waals surface area (Å²) in [4.78, 5) is 2.39. The predicted molar refractivity (Wildman–Crippen MR) is 317 cm³/mol. The van der Waals surface area contributed by atoms with Crippen LogP contribution in [0.2, 0.25) is 0 Å². The van der Waals surface area contributed by atoms with Crippen LogP contribution in [0.25, 0.3) is 111 Å². The van der Waals surface area contributed by atoms with E-state index in [9.17, 15) is 0 Å². The molecule has 0 radical (unpaired) electrons. The van der Waals surface area contributed by atoms with E-state index in [1.165, 1.54) is 111 Å². The van der Waals surface area contributed by atoms with E-state index < -0.39 is 0 Å². The Morgan fingerprint density at radius 3 is 0.973 bits per heavy atom. The summed E-state index contributed by atoms with van der Waals surface area (Å²) in [5.41, 5.74) is 22.3. The van der Waals surface area contributed by atoms with Gasteiger partial charge >= 0.3 is 0 Å². The van der Waals surface area contributed by atoms with Gasteiger partial charge in [0.1, 0.15) is 0 Å². The molecule has 75 heavy (non-hydrogen) atoms. The number of hydrogen-bond acceptors (Lipinski definition) is 1. The summed E-state index contributed by atoms with van der Waals surface area (Å²) in [7, 11) is 0. The van der Waals surface area contributed by atoms with Gasteiger partial charge in [-0.05, 0) is 141 Å². The molecule has 0 bridgehead atoms. The van der Waals surface area contributed by atoms with E-state index in [0.717, 1.165) is 17.1 Å². The van der Waals surface area contributed by atoms with E-state index in [1.54, 1.807) is 0 Å². The quantitative estimate of drug-likeness (QED) is 0.133. The lowest BCUT2D eigenvalue weighted by molar-refractivity contribution is 1.18. The molecule has 0 N–H and O–H groups in total. The van der Waals surface area contributed by atoms with Gasteiger partial charge in [-0.3, -0.25) is 0 Å². The van der Waals surface area contributed by atoms with Crippen molar-refractivity contribution in [3.05, 3.63) is 297 Å². The van der Waals surface area contributed by atoms with Crippen LogP contribution in [0.3, 0.4) is 0 Å². The molecule has 12 aromatic carbocycles. The van der Waals surface area contributed by atoms with E-state index in [4.69, 9.17) is 0 Å². The highest BCUT2D eigenvalue weighted by atomic mass is 15.1. The summed E-state index contributed by atoms with van der Waals surface area (Å²) in [5, 5.41) is 5.02. The van der Waals surface area contributed by atoms with E-state index in [-0.39, 0.29) is 0 Å². The van der Waals surface area contributed by atoms with Crippen molar-refractivity contribution in [1.82, 2.24) is 9.13 Å². The second kappa shape index (κ2) is 18.6. The lowest BCUT2D eigenvalue weighted by Gasteiger charge is -2.28. The Balaban J connectivity index is 0.762. The number of aromatic nitrogens is 2. The second-order valence-corrected chi connectivity index (χ2v) is 19.3. The Morgan fingerprint density at radius 1 is 0.213 bits per heavy atom. The van der Waals surface area contributed by atoms with Crippen LogP contribution in [-0.4, -0.2) is 9.13 Å². The lowest BCUT2D eigenvalue weighted by atomic mass is 9.98. The normalized spacial score (nSPS) is 11.5. The molecule has 0 spiro atoms. The van der Waals surface area contributed by atoms with Crippen LogP contribution in [0, 0.1) is 0 Å². The first kappa shape index (κ1) is 43.8. The molecule has 0 atom stereocenters. The van der Waals surface area contributed by atoms with Gasteiger partial charge in [0, 0.05) is 49.9 Å². The standard InChI is InChI=1S/C72H49N3/c1-4-16-56(17-5-1)63-22-10-13-25-68(63)73(61-42-36-52(37-43-61)50-28-32-54(33-29-50)57-40-46-71-66(48-57)64-23-11-14-26-69(64)74(71)59-18-6-2-7-19-59)62-44-38-53(39-45-62)51-30-34-55(35-31-51)58-41-47-72-67(49-58)65-24-12-15-27-70(65)75(72)60-20-8-3-9-21-60/h1-49H. The van der Waals surface area contributed by atoms with Gasteiger partial charge in [-0.15, -0.1) is 0 Å². The van der Waals surface area contributed by atoms with Crippen molar-refractivity contribution < 1.29 is 0 Å². The maximum absolute atomic E-state index is 2.39. The van der Waals surface area contributed by atoms with Gasteiger partial charge in [0.05, 0.1) is 27.8 Å². The van der Waals surface area contributed by atoms with Crippen molar-refractivity contribution in [2.75, 3.05) is 4.90 Å². The molecule has 0 aliphatic heterocycles. The smallest absolute Gasteiger partial charge is 0.0541 e. The van der Waals surface area contributed by atoms with Crippen LogP contribution in [0.5, 0.6) is 0 Å². The SMILES string of the molecule is c1ccc(-c2ccccc2N(c2ccc(-c3ccc(-c4ccc5c(c4)c4ccccc4n5-c4ccccc4)cc3)cc2)c2ccc(-c3ccc(-c4ccc5c(c4)c4ccccc4n5-c4ccccc4)cc3)cc2)cc1. The molecule has 2 aromatic heterocycles. The first-order valence-corrected chi connectivity index (χ1v) is 25.7. The zero-order valence-electron chi connectivity index (χ0n) is 41.1. The Labute approximate surface area is 436 Å². The van der Waals surface area contributed by atoms with Crippen molar-refractivity contribution >= 4 is 60.7 Å². The van der Waals surface area contributed by atoms with Gasteiger partial charge < -0.3 is 14.0 Å². The molecule has 3 heteroatoms. The largest absolute Gasteiger partial charge is 0.310 e. The monoisotopic (exact) mass is 955 g/mol. The Hall–Kier alpha value is -9.96. The number of hydrogen-bond donors (Lipinski definition) is 0. The summed E-state index contributed by atoms with van der Waals surface area (Å²) < 4.78 is 4.73. The summed E-state index contributed by atoms with van der Waals surface area (Å²) in [5.74, 6) is 0. The van der Waals surface area contributed by atoms with E-state index in [2.05, 4.69) is 311 Å². The van der Waals surface area contributed by atoms with Crippen LogP contribution in [0.15, 0.2) is 297 Å². The molecule has 2 heterocycles. The lowest BCUT2D eigenvalue weighted by Crippen LogP contribution is -2.11. The summed E-state index contributed by atoms with van der Waals surface area (Å²) in [6.45, 7) is 0. The summed E-state index contributed by atoms with van der Waals surface area (Å²) >= 11 is 0. The molecular formula is C72H49N3. The number of rotatable bonds is 10. The highest BCUT2D eigenvalue weighted by Crippen LogP contribution is 2.43. The van der Waals surface area contributed by atoms with Gasteiger partial charge in [-0.2, -0.15) is 0 Å². The molecular weight excluding hydrogens is 907 g/mol. The number of fused-ring (bicyclic) bond motifs is 6. The number of anilines is 3. The third kappa shape index (κ3) is 7.86. The first-order valence-electron chi connectivity index (χ1n) is 25.7. The van der Waals surface area contributed by atoms with Crippen molar-refractivity contribution in [2.24, 2.45) is 0 Å². The van der Waals surface area contributed by atoms with Crippen molar-refractivity contribution in [3.63, 3.8) is 0 Å². The summed E-state index contributed by atoms with van der Waals surface area (Å²) in [6.07, 6.45) is 0. The molecule has 0 amide bonds. The second-order valence-electron chi connectivity index (χ2n) is 19.3. The highest BCUT2D eigenvalue weighted by Gasteiger charge is 2.19. The minimum absolute atomic E-state index is 1.09. The molecule has 0 unspecified atom stereocenters. The highest BCUT2D eigenvalue weighted by molar-refractivity contribution is 6.11. The molecule has 14 aromatic rings. The average molecular weight is 956 g/mol.